The number of methoxy groups -OCH3 is 1. The lowest BCUT2D eigenvalue weighted by atomic mass is 10.1. The highest BCUT2D eigenvalue weighted by atomic mass is 32.2. The predicted molar refractivity (Wildman–Crippen MR) is 161 cm³/mol. The number of rotatable bonds is 9. The van der Waals surface area contributed by atoms with Crippen LogP contribution in [0.2, 0.25) is 0 Å². The van der Waals surface area contributed by atoms with Gasteiger partial charge in [-0.15, -0.1) is 10.2 Å². The van der Waals surface area contributed by atoms with Gasteiger partial charge in [0, 0.05) is 43.3 Å². The standard InChI is InChI=1S/C32H35N5O3S/c1-23-9-12-26(13-10-23)31-33-34-32(37(31)27-14-16-28(40-3)17-15-27)41-22-30(39)35-19-20-36(24(2)21-35)29(38)18-11-25-7-5-4-6-8-25/h4-10,12-17,24H,11,18-22H2,1-3H3. The van der Waals surface area contributed by atoms with E-state index in [0.717, 1.165) is 34.5 Å². The molecule has 0 bridgehead atoms. The third kappa shape index (κ3) is 6.79. The van der Waals surface area contributed by atoms with Gasteiger partial charge in [-0.3, -0.25) is 14.2 Å². The van der Waals surface area contributed by atoms with Gasteiger partial charge in [0.05, 0.1) is 12.9 Å². The molecule has 1 aromatic heterocycles. The van der Waals surface area contributed by atoms with E-state index in [9.17, 15) is 9.59 Å². The minimum Gasteiger partial charge on any atom is -0.497 e. The molecule has 3 aromatic carbocycles. The summed E-state index contributed by atoms with van der Waals surface area (Å²) in [6.45, 7) is 5.66. The number of nitrogens with zero attached hydrogens (tertiary/aromatic N) is 5. The van der Waals surface area contributed by atoms with Crippen LogP contribution in [0.15, 0.2) is 84.0 Å². The maximum absolute atomic E-state index is 13.3. The molecule has 1 aliphatic rings. The van der Waals surface area contributed by atoms with Crippen molar-refractivity contribution in [3.05, 3.63) is 90.0 Å². The number of carbonyl (C=O) groups is 2. The second-order valence-electron chi connectivity index (χ2n) is 10.3. The summed E-state index contributed by atoms with van der Waals surface area (Å²) < 4.78 is 7.32. The van der Waals surface area contributed by atoms with E-state index >= 15 is 0 Å². The Morgan fingerprint density at radius 3 is 2.34 bits per heavy atom. The van der Waals surface area contributed by atoms with Crippen LogP contribution in [-0.4, -0.2) is 74.9 Å². The fourth-order valence-corrected chi connectivity index (χ4v) is 5.88. The first-order valence-electron chi connectivity index (χ1n) is 13.8. The Kier molecular flexibility index (Phi) is 9.04. The summed E-state index contributed by atoms with van der Waals surface area (Å²) in [6, 6.07) is 25.9. The Labute approximate surface area is 245 Å². The van der Waals surface area contributed by atoms with E-state index in [1.807, 2.05) is 107 Å². The highest BCUT2D eigenvalue weighted by Gasteiger charge is 2.30. The summed E-state index contributed by atoms with van der Waals surface area (Å²) in [5.74, 6) is 1.87. The Morgan fingerprint density at radius 1 is 0.927 bits per heavy atom. The second-order valence-corrected chi connectivity index (χ2v) is 11.2. The fourth-order valence-electron chi connectivity index (χ4n) is 5.03. The number of carbonyl (C=O) groups excluding carboxylic acids is 2. The summed E-state index contributed by atoms with van der Waals surface area (Å²) in [5.41, 5.74) is 4.15. The van der Waals surface area contributed by atoms with Gasteiger partial charge < -0.3 is 14.5 Å². The van der Waals surface area contributed by atoms with Gasteiger partial charge in [-0.2, -0.15) is 0 Å². The average molecular weight is 570 g/mol. The van der Waals surface area contributed by atoms with Crippen LogP contribution in [0.1, 0.15) is 24.5 Å². The van der Waals surface area contributed by atoms with Crippen LogP contribution < -0.4 is 4.74 Å². The molecule has 2 heterocycles. The topological polar surface area (TPSA) is 80.6 Å². The molecule has 1 unspecified atom stereocenters. The number of hydrogen-bond donors (Lipinski definition) is 0. The Hall–Kier alpha value is -4.11. The van der Waals surface area contributed by atoms with Gasteiger partial charge in [-0.05, 0) is 50.1 Å². The summed E-state index contributed by atoms with van der Waals surface area (Å²) in [7, 11) is 1.64. The van der Waals surface area contributed by atoms with Gasteiger partial charge in [0.1, 0.15) is 5.75 Å². The number of ether oxygens (including phenoxy) is 1. The molecule has 4 aromatic rings. The third-order valence-electron chi connectivity index (χ3n) is 7.37. The van der Waals surface area contributed by atoms with Gasteiger partial charge >= 0.3 is 0 Å². The number of aryl methyl sites for hydroxylation is 2. The van der Waals surface area contributed by atoms with E-state index in [2.05, 4.69) is 10.2 Å². The number of benzene rings is 3. The molecule has 1 fully saturated rings. The molecular weight excluding hydrogens is 534 g/mol. The summed E-state index contributed by atoms with van der Waals surface area (Å²) in [4.78, 5) is 30.0. The number of hydrogen-bond acceptors (Lipinski definition) is 6. The molecule has 0 N–H and O–H groups in total. The van der Waals surface area contributed by atoms with Gasteiger partial charge in [0.2, 0.25) is 11.8 Å². The van der Waals surface area contributed by atoms with Crippen molar-refractivity contribution in [3.63, 3.8) is 0 Å². The average Bonchev–Trinajstić information content (AvgIpc) is 3.43. The molecule has 0 saturated carbocycles. The molecule has 1 aliphatic heterocycles. The molecule has 9 heteroatoms. The van der Waals surface area contributed by atoms with Gasteiger partial charge in [0.25, 0.3) is 0 Å². The van der Waals surface area contributed by atoms with Crippen molar-refractivity contribution in [2.45, 2.75) is 37.9 Å². The lowest BCUT2D eigenvalue weighted by molar-refractivity contribution is -0.141. The monoisotopic (exact) mass is 569 g/mol. The fraction of sp³-hybridized carbons (Fsp3) is 0.312. The van der Waals surface area contributed by atoms with Crippen LogP contribution in [0, 0.1) is 6.92 Å². The van der Waals surface area contributed by atoms with Crippen molar-refractivity contribution in [1.29, 1.82) is 0 Å². The molecule has 1 saturated heterocycles. The van der Waals surface area contributed by atoms with Crippen LogP contribution in [0.25, 0.3) is 17.1 Å². The largest absolute Gasteiger partial charge is 0.497 e. The highest BCUT2D eigenvalue weighted by molar-refractivity contribution is 7.99. The first-order chi connectivity index (χ1) is 19.9. The minimum atomic E-state index is -0.0305. The smallest absolute Gasteiger partial charge is 0.233 e. The van der Waals surface area contributed by atoms with E-state index in [1.165, 1.54) is 11.8 Å². The van der Waals surface area contributed by atoms with Crippen molar-refractivity contribution in [1.82, 2.24) is 24.6 Å². The first kappa shape index (κ1) is 28.4. The van der Waals surface area contributed by atoms with Crippen LogP contribution in [0.4, 0.5) is 0 Å². The zero-order chi connectivity index (χ0) is 28.8. The number of aromatic nitrogens is 3. The molecular formula is C32H35N5O3S. The van der Waals surface area contributed by atoms with E-state index in [1.54, 1.807) is 7.11 Å². The number of thioether (sulfide) groups is 1. The molecule has 2 amide bonds. The van der Waals surface area contributed by atoms with Crippen molar-refractivity contribution >= 4 is 23.6 Å². The molecule has 0 aliphatic carbocycles. The molecule has 0 radical (unpaired) electrons. The highest BCUT2D eigenvalue weighted by Crippen LogP contribution is 2.29. The molecule has 8 nitrogen and oxygen atoms in total. The summed E-state index contributed by atoms with van der Waals surface area (Å²) in [6.07, 6.45) is 1.20. The zero-order valence-electron chi connectivity index (χ0n) is 23.7. The van der Waals surface area contributed by atoms with Crippen molar-refractivity contribution in [3.8, 4) is 22.8 Å². The normalized spacial score (nSPS) is 15.1. The van der Waals surface area contributed by atoms with Crippen LogP contribution in [0.3, 0.4) is 0 Å². The summed E-state index contributed by atoms with van der Waals surface area (Å²) in [5, 5.41) is 9.61. The predicted octanol–water partition coefficient (Wildman–Crippen LogP) is 5.04. The van der Waals surface area contributed by atoms with Crippen LogP contribution in [0.5, 0.6) is 5.75 Å². The molecule has 0 spiro atoms. The van der Waals surface area contributed by atoms with Gasteiger partial charge in [-0.25, -0.2) is 0 Å². The Morgan fingerprint density at radius 2 is 1.66 bits per heavy atom. The van der Waals surface area contributed by atoms with Crippen molar-refractivity contribution < 1.29 is 14.3 Å². The molecule has 41 heavy (non-hydrogen) atoms. The van der Waals surface area contributed by atoms with Crippen molar-refractivity contribution in [2.24, 2.45) is 0 Å². The molecule has 1 atom stereocenters. The summed E-state index contributed by atoms with van der Waals surface area (Å²) >= 11 is 1.37. The third-order valence-corrected chi connectivity index (χ3v) is 8.28. The lowest BCUT2D eigenvalue weighted by Gasteiger charge is -2.40. The molecule has 212 valence electrons. The Bertz CT molecular complexity index is 1470. The Balaban J connectivity index is 1.24. The minimum absolute atomic E-state index is 0.0272. The van der Waals surface area contributed by atoms with Crippen LogP contribution >= 0.6 is 11.8 Å². The van der Waals surface area contributed by atoms with E-state index < -0.39 is 0 Å². The van der Waals surface area contributed by atoms with E-state index in [4.69, 9.17) is 4.74 Å². The lowest BCUT2D eigenvalue weighted by Crippen LogP contribution is -2.55. The number of amides is 2. The van der Waals surface area contributed by atoms with Gasteiger partial charge in [-0.1, -0.05) is 71.9 Å². The van der Waals surface area contributed by atoms with Crippen LogP contribution in [-0.2, 0) is 16.0 Å². The second kappa shape index (κ2) is 13.0. The number of piperazine rings is 1. The maximum Gasteiger partial charge on any atom is 0.233 e. The quantitative estimate of drug-likeness (QED) is 0.263. The SMILES string of the molecule is COc1ccc(-n2c(SCC(=O)N3CCN(C(=O)CCc4ccccc4)C(C)C3)nnc2-c2ccc(C)cc2)cc1. The zero-order valence-corrected chi connectivity index (χ0v) is 24.5. The van der Waals surface area contributed by atoms with Gasteiger partial charge in [0.15, 0.2) is 11.0 Å². The first-order valence-corrected chi connectivity index (χ1v) is 14.8. The molecule has 5 rings (SSSR count). The van der Waals surface area contributed by atoms with E-state index in [-0.39, 0.29) is 23.6 Å². The van der Waals surface area contributed by atoms with Crippen molar-refractivity contribution in [2.75, 3.05) is 32.5 Å². The van der Waals surface area contributed by atoms with E-state index in [0.29, 0.717) is 37.0 Å². The maximum atomic E-state index is 13.3.